The molecule has 7 unspecified atom stereocenters. The van der Waals surface area contributed by atoms with Crippen molar-refractivity contribution in [2.45, 2.75) is 82.8 Å². The Hall–Kier alpha value is -0.750. The molecule has 1 aliphatic rings. The quantitative estimate of drug-likeness (QED) is 0.0232. The average Bonchev–Trinajstić information content (AvgIpc) is 3.70. The molecule has 3 heterocycles. The van der Waals surface area contributed by atoms with Crippen molar-refractivity contribution in [3.8, 4) is 0 Å². The summed E-state index contributed by atoms with van der Waals surface area (Å²) >= 11 is 2.05. The van der Waals surface area contributed by atoms with Crippen LogP contribution in [0.4, 0.5) is 5.82 Å². The van der Waals surface area contributed by atoms with Crippen LogP contribution in [-0.4, -0.2) is 111 Å². The van der Waals surface area contributed by atoms with E-state index in [0.717, 1.165) is 25.7 Å². The maximum Gasteiger partial charge on any atom is 0.490 e. The second-order valence-electron chi connectivity index (χ2n) is 12.6. The third kappa shape index (κ3) is 19.7. The molecule has 0 spiro atoms. The van der Waals surface area contributed by atoms with Crippen molar-refractivity contribution >= 4 is 92.7 Å². The summed E-state index contributed by atoms with van der Waals surface area (Å²) in [6.45, 7) is 2.12. The molecule has 61 heavy (non-hydrogen) atoms. The van der Waals surface area contributed by atoms with Crippen LogP contribution in [0.5, 0.6) is 0 Å². The average molecular weight is 1110 g/mol. The lowest BCUT2D eigenvalue weighted by Gasteiger charge is -2.21. The van der Waals surface area contributed by atoms with E-state index >= 15 is 0 Å². The number of nitrogens with zero attached hydrogens (tertiary/aromatic N) is 4. The van der Waals surface area contributed by atoms with Gasteiger partial charge in [0.1, 0.15) is 24.2 Å². The number of rotatable bonds is 30. The van der Waals surface area contributed by atoms with Gasteiger partial charge in [0.05, 0.1) is 31.7 Å². The topological polar surface area (TPSA) is 441 Å². The molecule has 30 nitrogen and oxygen atoms in total. The zero-order chi connectivity index (χ0) is 45.7. The number of hydrogen-bond acceptors (Lipinski definition) is 22. The van der Waals surface area contributed by atoms with Crippen molar-refractivity contribution in [1.29, 1.82) is 0 Å². The summed E-state index contributed by atoms with van der Waals surface area (Å²) in [5.74, 6) is -0.107. The summed E-state index contributed by atoms with van der Waals surface area (Å²) in [6.07, 6.45) is 2.47. The molecule has 3 rings (SSSR count). The molecule has 1 amide bonds. The van der Waals surface area contributed by atoms with Gasteiger partial charge in [-0.15, -0.1) is 0 Å². The lowest BCUT2D eigenvalue weighted by Crippen LogP contribution is -2.44. The molecule has 1 fully saturated rings. The van der Waals surface area contributed by atoms with E-state index < -0.39 is 78.6 Å². The number of unbranched alkanes of at least 4 members (excludes halogenated alkanes) is 4. The van der Waals surface area contributed by atoms with Crippen LogP contribution in [0, 0.1) is 0 Å². The standard InChI is InChI=1S/C24H47IN8O22P6/c1-2-27-17(9-5-7-11-32-25)24(35)28-10-6-3-4-8-12-48-56(36,37)51-58(40,41)53-60(44,45)55-61(46,47)54-59(42,43)52-57(38,39)49-14-19-18(34)13-20(50-19)33-16-31-21-22(26)29-15-30-23(21)33/h15-20,27,32,34H,2-14H2,1H3,(H,28,35)(H,36,37)(H,38,39)(H,40,41)(H,42,43)(H,44,45)(H,46,47)(H2,26,29,30)/t17?,18-,19-,20-/m1/s1. The Morgan fingerprint density at radius 2 is 1.39 bits per heavy atom. The number of likely N-dealkylation sites (N-methyl/N-ethyl adjacent to an activating group) is 1. The highest BCUT2D eigenvalue weighted by atomic mass is 127. The van der Waals surface area contributed by atoms with Gasteiger partial charge in [0.25, 0.3) is 0 Å². The SMILES string of the molecule is CCNC(CCCCNI)C(=O)NCCCCCCOP(=O)(O)OP(=O)(O)OP(=O)(O)OP(=O)(O)OP(=O)(O)OP(=O)(O)OC[C@H]1O[C@@H](n2cnc3c(N)ncnc32)C[C@H]1O. The number of nitrogen functional groups attached to an aromatic ring is 1. The van der Waals surface area contributed by atoms with Gasteiger partial charge in [-0.25, -0.2) is 42.3 Å². The minimum atomic E-state index is -6.46. The van der Waals surface area contributed by atoms with E-state index in [4.69, 9.17) is 10.5 Å². The molecule has 0 radical (unpaired) electrons. The number of ether oxygens (including phenoxy) is 1. The van der Waals surface area contributed by atoms with Gasteiger partial charge in [0.15, 0.2) is 11.5 Å². The summed E-state index contributed by atoms with van der Waals surface area (Å²) in [7, 11) is -36.7. The Kier molecular flexibility index (Phi) is 21.6. The Bertz CT molecular complexity index is 2060. The highest BCUT2D eigenvalue weighted by Crippen LogP contribution is 2.75. The maximum absolute atomic E-state index is 12.5. The highest BCUT2D eigenvalue weighted by Gasteiger charge is 2.50. The molecule has 10 atom stereocenters. The van der Waals surface area contributed by atoms with Crippen molar-refractivity contribution < 1.29 is 102 Å². The number of fused-ring (bicyclic) bond motifs is 1. The van der Waals surface area contributed by atoms with Crippen LogP contribution in [0.25, 0.3) is 11.2 Å². The number of halogens is 1. The Morgan fingerprint density at radius 3 is 1.98 bits per heavy atom. The largest absolute Gasteiger partial charge is 0.490 e. The summed E-state index contributed by atoms with van der Waals surface area (Å²) in [5, 5.41) is 16.3. The highest BCUT2D eigenvalue weighted by molar-refractivity contribution is 14.1. The molecular weight excluding hydrogens is 1070 g/mol. The summed E-state index contributed by atoms with van der Waals surface area (Å²) in [4.78, 5) is 83.0. The number of phosphoric ester groups is 2. The van der Waals surface area contributed by atoms with Crippen LogP contribution in [0.1, 0.15) is 64.5 Å². The number of aliphatic hydroxyl groups is 1. The van der Waals surface area contributed by atoms with E-state index in [2.05, 4.69) is 59.7 Å². The number of nitrogens with two attached hydrogens (primary N) is 1. The van der Waals surface area contributed by atoms with Crippen molar-refractivity contribution in [3.63, 3.8) is 0 Å². The Balaban J connectivity index is 1.39. The van der Waals surface area contributed by atoms with Crippen LogP contribution >= 0.6 is 69.8 Å². The van der Waals surface area contributed by atoms with Gasteiger partial charge in [-0.05, 0) is 32.2 Å². The fraction of sp³-hybridized carbons (Fsp3) is 0.750. The minimum Gasteiger partial charge on any atom is -0.390 e. The van der Waals surface area contributed by atoms with E-state index in [1.807, 2.05) is 29.8 Å². The molecule has 2 aromatic heterocycles. The first-order valence-electron chi connectivity index (χ1n) is 17.7. The monoisotopic (exact) mass is 1110 g/mol. The number of anilines is 1. The van der Waals surface area contributed by atoms with E-state index in [9.17, 15) is 66.7 Å². The Labute approximate surface area is 361 Å². The first kappa shape index (κ1) is 54.6. The predicted molar refractivity (Wildman–Crippen MR) is 215 cm³/mol. The van der Waals surface area contributed by atoms with Crippen LogP contribution in [0.15, 0.2) is 12.7 Å². The molecular formula is C24H47IN8O22P6. The van der Waals surface area contributed by atoms with Gasteiger partial charge in [-0.3, -0.25) is 21.9 Å². The zero-order valence-electron chi connectivity index (χ0n) is 31.8. The number of carbonyl (C=O) groups excluding carboxylic acids is 1. The smallest absolute Gasteiger partial charge is 0.390 e. The predicted octanol–water partition coefficient (Wildman–Crippen LogP) is 2.54. The molecule has 37 heteroatoms. The molecule has 0 aliphatic carbocycles. The third-order valence-corrected chi connectivity index (χ3v) is 17.5. The van der Waals surface area contributed by atoms with Crippen LogP contribution in [-0.2, 0) is 67.5 Å². The molecule has 352 valence electrons. The molecule has 1 aliphatic heterocycles. The molecule has 2 aromatic rings. The second kappa shape index (κ2) is 24.1. The maximum atomic E-state index is 12.5. The van der Waals surface area contributed by atoms with Crippen molar-refractivity contribution in [2.75, 3.05) is 38.6 Å². The van der Waals surface area contributed by atoms with E-state index in [0.29, 0.717) is 38.8 Å². The molecule has 0 bridgehead atoms. The van der Waals surface area contributed by atoms with E-state index in [1.165, 1.54) is 10.9 Å². The first-order chi connectivity index (χ1) is 28.3. The first-order valence-corrected chi connectivity index (χ1v) is 27.8. The number of imidazole rings is 1. The fourth-order valence-corrected chi connectivity index (χ4v) is 13.5. The van der Waals surface area contributed by atoms with E-state index in [-0.39, 0.29) is 41.8 Å². The lowest BCUT2D eigenvalue weighted by atomic mass is 10.1. The van der Waals surface area contributed by atoms with Crippen LogP contribution < -0.4 is 19.9 Å². The number of aromatic nitrogens is 4. The van der Waals surface area contributed by atoms with Gasteiger partial charge in [0.2, 0.25) is 5.91 Å². The number of aliphatic hydroxyl groups excluding tert-OH is 1. The zero-order valence-corrected chi connectivity index (χ0v) is 39.4. The van der Waals surface area contributed by atoms with Gasteiger partial charge in [0, 0.05) is 42.4 Å². The number of hydrogen-bond donors (Lipinski definition) is 11. The Morgan fingerprint density at radius 1 is 0.836 bits per heavy atom. The number of amides is 1. The van der Waals surface area contributed by atoms with Gasteiger partial charge in [-0.1, -0.05) is 26.2 Å². The number of carbonyl (C=O) groups is 1. The van der Waals surface area contributed by atoms with Crippen molar-refractivity contribution in [3.05, 3.63) is 12.7 Å². The minimum absolute atomic E-state index is 0.0416. The summed E-state index contributed by atoms with van der Waals surface area (Å²) in [5.41, 5.74) is 6.15. The molecule has 0 aromatic carbocycles. The van der Waals surface area contributed by atoms with Crippen LogP contribution in [0.3, 0.4) is 0 Å². The third-order valence-electron chi connectivity index (χ3n) is 7.74. The summed E-state index contributed by atoms with van der Waals surface area (Å²) in [6, 6.07) is -0.342. The van der Waals surface area contributed by atoms with E-state index in [1.54, 1.807) is 0 Å². The van der Waals surface area contributed by atoms with Crippen molar-refractivity contribution in [1.82, 2.24) is 33.7 Å². The number of nitrogens with one attached hydrogen (secondary N) is 3. The fourth-order valence-electron chi connectivity index (χ4n) is 5.25. The van der Waals surface area contributed by atoms with Crippen molar-refractivity contribution in [2.24, 2.45) is 0 Å². The summed E-state index contributed by atoms with van der Waals surface area (Å²) < 4.78 is 111. The molecule has 1 saturated heterocycles. The van der Waals surface area contributed by atoms with Gasteiger partial charge in [-0.2, -0.15) is 21.6 Å². The van der Waals surface area contributed by atoms with Crippen LogP contribution in [0.2, 0.25) is 0 Å². The lowest BCUT2D eigenvalue weighted by molar-refractivity contribution is -0.123. The van der Waals surface area contributed by atoms with Gasteiger partial charge >= 0.3 is 46.9 Å². The van der Waals surface area contributed by atoms with Gasteiger partial charge < -0.3 is 55.6 Å². The molecule has 12 N–H and O–H groups in total. The second-order valence-corrected chi connectivity index (χ2v) is 22.7. The normalized spacial score (nSPS) is 23.5. The number of phosphoric acid groups is 6. The molecule has 0 saturated carbocycles.